The van der Waals surface area contributed by atoms with Crippen molar-refractivity contribution < 1.29 is 8.42 Å². The van der Waals surface area contributed by atoms with E-state index in [9.17, 15) is 8.42 Å². The number of anilines is 2. The number of nitrogens with one attached hydrogen (secondary N) is 1. The lowest BCUT2D eigenvalue weighted by Crippen LogP contribution is -2.32. The van der Waals surface area contributed by atoms with E-state index in [-0.39, 0.29) is 17.5 Å². The van der Waals surface area contributed by atoms with Gasteiger partial charge in [0.05, 0.1) is 17.2 Å². The predicted octanol–water partition coefficient (Wildman–Crippen LogP) is -0.00860. The van der Waals surface area contributed by atoms with Crippen molar-refractivity contribution in [3.8, 4) is 0 Å². The van der Waals surface area contributed by atoms with Crippen molar-refractivity contribution in [1.29, 1.82) is 0 Å². The highest BCUT2D eigenvalue weighted by atomic mass is 32.2. The topological polar surface area (TPSA) is 90.0 Å². The summed E-state index contributed by atoms with van der Waals surface area (Å²) >= 11 is 0. The fourth-order valence-electron chi connectivity index (χ4n) is 1.85. The quantitative estimate of drug-likeness (QED) is 0.763. The van der Waals surface area contributed by atoms with Crippen LogP contribution in [0, 0.1) is 0 Å². The van der Waals surface area contributed by atoms with Crippen LogP contribution in [0.3, 0.4) is 0 Å². The number of rotatable bonds is 2. The molecule has 90 valence electrons. The van der Waals surface area contributed by atoms with Crippen molar-refractivity contribution in [3.63, 3.8) is 0 Å². The molecule has 0 bridgehead atoms. The van der Waals surface area contributed by atoms with Gasteiger partial charge < -0.3 is 11.1 Å². The van der Waals surface area contributed by atoms with Crippen molar-refractivity contribution in [2.75, 3.05) is 22.6 Å². The number of aromatic nitrogens is 2. The molecule has 16 heavy (non-hydrogen) atoms. The second-order valence-electron chi connectivity index (χ2n) is 4.18. The van der Waals surface area contributed by atoms with E-state index in [2.05, 4.69) is 10.4 Å². The standard InChI is InChI=1S/C9H16N4O2S/c1-13-6-8(10)9(12-13)11-7-2-4-16(14,15)5-3-7/h6-7H,2-5,10H2,1H3,(H,11,12). The van der Waals surface area contributed by atoms with Crippen molar-refractivity contribution in [2.45, 2.75) is 18.9 Å². The smallest absolute Gasteiger partial charge is 0.171 e. The Bertz CT molecular complexity index is 466. The molecule has 3 N–H and O–H groups in total. The molecule has 0 amide bonds. The summed E-state index contributed by atoms with van der Waals surface area (Å²) in [5.74, 6) is 1.14. The van der Waals surface area contributed by atoms with Crippen LogP contribution in [0.2, 0.25) is 0 Å². The largest absolute Gasteiger partial charge is 0.394 e. The first-order chi connectivity index (χ1) is 7.46. The average molecular weight is 244 g/mol. The normalized spacial score (nSPS) is 20.8. The summed E-state index contributed by atoms with van der Waals surface area (Å²) in [5.41, 5.74) is 6.34. The molecule has 2 rings (SSSR count). The third kappa shape index (κ3) is 2.46. The molecule has 6 nitrogen and oxygen atoms in total. The molecule has 1 aliphatic rings. The lowest BCUT2D eigenvalue weighted by molar-refractivity contribution is 0.558. The number of hydrogen-bond acceptors (Lipinski definition) is 5. The van der Waals surface area contributed by atoms with Gasteiger partial charge in [0.2, 0.25) is 0 Å². The summed E-state index contributed by atoms with van der Waals surface area (Å²) in [6.45, 7) is 0. The maximum Gasteiger partial charge on any atom is 0.171 e. The summed E-state index contributed by atoms with van der Waals surface area (Å²) in [6.07, 6.45) is 2.97. The van der Waals surface area contributed by atoms with E-state index in [4.69, 9.17) is 5.73 Å². The molecule has 0 aromatic carbocycles. The molecule has 0 saturated carbocycles. The minimum Gasteiger partial charge on any atom is -0.394 e. The van der Waals surface area contributed by atoms with Gasteiger partial charge in [-0.25, -0.2) is 8.42 Å². The highest BCUT2D eigenvalue weighted by Gasteiger charge is 2.24. The van der Waals surface area contributed by atoms with Gasteiger partial charge in [0, 0.05) is 19.3 Å². The Morgan fingerprint density at radius 1 is 1.50 bits per heavy atom. The van der Waals surface area contributed by atoms with Gasteiger partial charge in [-0.15, -0.1) is 0 Å². The van der Waals surface area contributed by atoms with E-state index >= 15 is 0 Å². The summed E-state index contributed by atoms with van der Waals surface area (Å²) in [5, 5.41) is 7.36. The minimum atomic E-state index is -2.81. The molecule has 0 atom stereocenters. The monoisotopic (exact) mass is 244 g/mol. The molecular weight excluding hydrogens is 228 g/mol. The summed E-state index contributed by atoms with van der Waals surface area (Å²) in [6, 6.07) is 0.153. The van der Waals surface area contributed by atoms with Gasteiger partial charge in [0.25, 0.3) is 0 Å². The Labute approximate surface area is 94.7 Å². The summed E-state index contributed by atoms with van der Waals surface area (Å²) in [4.78, 5) is 0. The van der Waals surface area contributed by atoms with E-state index in [0.717, 1.165) is 0 Å². The zero-order chi connectivity index (χ0) is 11.8. The maximum absolute atomic E-state index is 11.2. The van der Waals surface area contributed by atoms with Gasteiger partial charge in [0.15, 0.2) is 5.82 Å². The van der Waals surface area contributed by atoms with Gasteiger partial charge in [-0.1, -0.05) is 0 Å². The maximum atomic E-state index is 11.2. The fourth-order valence-corrected chi connectivity index (χ4v) is 3.34. The van der Waals surface area contributed by atoms with E-state index in [1.807, 2.05) is 0 Å². The van der Waals surface area contributed by atoms with Crippen LogP contribution in [0.4, 0.5) is 11.5 Å². The lowest BCUT2D eigenvalue weighted by Gasteiger charge is -2.23. The van der Waals surface area contributed by atoms with Gasteiger partial charge in [-0.3, -0.25) is 4.68 Å². The first kappa shape index (κ1) is 11.3. The SMILES string of the molecule is Cn1cc(N)c(NC2CCS(=O)(=O)CC2)n1. The minimum absolute atomic E-state index is 0.153. The molecule has 1 aliphatic heterocycles. The Morgan fingerprint density at radius 3 is 2.62 bits per heavy atom. The molecule has 1 fully saturated rings. The molecular formula is C9H16N4O2S. The summed E-state index contributed by atoms with van der Waals surface area (Å²) < 4.78 is 24.1. The van der Waals surface area contributed by atoms with E-state index in [1.54, 1.807) is 17.9 Å². The van der Waals surface area contributed by atoms with Crippen LogP contribution in [-0.2, 0) is 16.9 Å². The first-order valence-corrected chi connectivity index (χ1v) is 7.04. The summed E-state index contributed by atoms with van der Waals surface area (Å²) in [7, 11) is -1.01. The highest BCUT2D eigenvalue weighted by Crippen LogP contribution is 2.20. The van der Waals surface area contributed by atoms with Crippen LogP contribution >= 0.6 is 0 Å². The highest BCUT2D eigenvalue weighted by molar-refractivity contribution is 7.91. The first-order valence-electron chi connectivity index (χ1n) is 5.22. The van der Waals surface area contributed by atoms with Crippen molar-refractivity contribution in [3.05, 3.63) is 6.20 Å². The lowest BCUT2D eigenvalue weighted by atomic mass is 10.1. The zero-order valence-corrected chi connectivity index (χ0v) is 10.00. The molecule has 7 heteroatoms. The molecule has 0 spiro atoms. The van der Waals surface area contributed by atoms with E-state index < -0.39 is 9.84 Å². The Balaban J connectivity index is 1.99. The second kappa shape index (κ2) is 3.97. The molecule has 1 aromatic rings. The molecule has 2 heterocycles. The van der Waals surface area contributed by atoms with Crippen LogP contribution in [0.25, 0.3) is 0 Å². The number of hydrogen-bond donors (Lipinski definition) is 2. The van der Waals surface area contributed by atoms with Crippen LogP contribution in [0.5, 0.6) is 0 Å². The van der Waals surface area contributed by atoms with Gasteiger partial charge in [-0.2, -0.15) is 5.10 Å². The van der Waals surface area contributed by atoms with Gasteiger partial charge >= 0.3 is 0 Å². The fraction of sp³-hybridized carbons (Fsp3) is 0.667. The molecule has 0 radical (unpaired) electrons. The van der Waals surface area contributed by atoms with Gasteiger partial charge in [0.1, 0.15) is 9.84 Å². The van der Waals surface area contributed by atoms with Gasteiger partial charge in [-0.05, 0) is 12.8 Å². The van der Waals surface area contributed by atoms with Crippen LogP contribution < -0.4 is 11.1 Å². The molecule has 0 aliphatic carbocycles. The molecule has 1 saturated heterocycles. The van der Waals surface area contributed by atoms with Crippen LogP contribution in [0.15, 0.2) is 6.20 Å². The predicted molar refractivity (Wildman–Crippen MR) is 62.9 cm³/mol. The third-order valence-corrected chi connectivity index (χ3v) is 4.47. The number of nitrogens with zero attached hydrogens (tertiary/aromatic N) is 2. The number of aryl methyl sites for hydroxylation is 1. The van der Waals surface area contributed by atoms with Crippen molar-refractivity contribution in [1.82, 2.24) is 9.78 Å². The second-order valence-corrected chi connectivity index (χ2v) is 6.48. The third-order valence-electron chi connectivity index (χ3n) is 2.75. The van der Waals surface area contributed by atoms with Crippen molar-refractivity contribution in [2.24, 2.45) is 7.05 Å². The molecule has 1 aromatic heterocycles. The number of nitrogen functional groups attached to an aromatic ring is 1. The Kier molecular flexibility index (Phi) is 2.79. The molecule has 0 unspecified atom stereocenters. The van der Waals surface area contributed by atoms with Crippen LogP contribution in [-0.4, -0.2) is 35.7 Å². The van der Waals surface area contributed by atoms with E-state index in [1.165, 1.54) is 0 Å². The average Bonchev–Trinajstić information content (AvgIpc) is 2.49. The number of nitrogens with two attached hydrogens (primary N) is 1. The zero-order valence-electron chi connectivity index (χ0n) is 9.18. The van der Waals surface area contributed by atoms with Crippen molar-refractivity contribution >= 4 is 21.3 Å². The Morgan fingerprint density at radius 2 is 2.12 bits per heavy atom. The number of sulfone groups is 1. The Hall–Kier alpha value is -1.24. The van der Waals surface area contributed by atoms with Crippen LogP contribution in [0.1, 0.15) is 12.8 Å². The van der Waals surface area contributed by atoms with E-state index in [0.29, 0.717) is 24.3 Å².